The molecule has 0 spiro atoms. The van der Waals surface area contributed by atoms with Gasteiger partial charge in [0.15, 0.2) is 8.32 Å². The van der Waals surface area contributed by atoms with Crippen LogP contribution in [-0.2, 0) is 4.43 Å². The fourth-order valence-corrected chi connectivity index (χ4v) is 2.72. The molecule has 1 aromatic carbocycles. The van der Waals surface area contributed by atoms with Gasteiger partial charge in [0.1, 0.15) is 0 Å². The van der Waals surface area contributed by atoms with Crippen molar-refractivity contribution in [3.05, 3.63) is 43.0 Å². The van der Waals surface area contributed by atoms with E-state index < -0.39 is 8.32 Å². The normalized spacial score (nSPS) is 13.8. The van der Waals surface area contributed by atoms with E-state index in [0.717, 1.165) is 18.7 Å². The minimum Gasteiger partial charge on any atom is -0.417 e. The Morgan fingerprint density at radius 3 is 2.35 bits per heavy atom. The first-order valence-electron chi connectivity index (χ1n) is 7.34. The van der Waals surface area contributed by atoms with Gasteiger partial charge in [-0.15, -0.1) is 6.58 Å². The number of benzene rings is 1. The highest BCUT2D eigenvalue weighted by Crippen LogP contribution is 2.36. The van der Waals surface area contributed by atoms with Crippen molar-refractivity contribution in [2.45, 2.75) is 51.4 Å². The van der Waals surface area contributed by atoms with E-state index in [9.17, 15) is 0 Å². The Labute approximate surface area is 125 Å². The molecule has 0 aliphatic rings. The molecule has 0 aliphatic carbocycles. The summed E-state index contributed by atoms with van der Waals surface area (Å²) in [4.78, 5) is 0. The molecule has 0 bridgehead atoms. The Bertz CT molecular complexity index is 409. The van der Waals surface area contributed by atoms with Crippen LogP contribution in [0.3, 0.4) is 0 Å². The molecule has 3 heteroatoms. The van der Waals surface area contributed by atoms with Crippen LogP contribution in [0.25, 0.3) is 0 Å². The zero-order valence-corrected chi connectivity index (χ0v) is 14.6. The van der Waals surface area contributed by atoms with Crippen molar-refractivity contribution in [2.24, 2.45) is 0 Å². The highest BCUT2D eigenvalue weighted by Gasteiger charge is 2.36. The molecule has 0 saturated carbocycles. The van der Waals surface area contributed by atoms with Crippen molar-refractivity contribution in [1.82, 2.24) is 0 Å². The molecule has 0 heterocycles. The lowest BCUT2D eigenvalue weighted by molar-refractivity contribution is 0.280. The largest absolute Gasteiger partial charge is 0.417 e. The van der Waals surface area contributed by atoms with Crippen LogP contribution in [0.4, 0.5) is 5.69 Å². The van der Waals surface area contributed by atoms with Crippen molar-refractivity contribution in [3.63, 3.8) is 0 Å². The number of anilines is 1. The molecule has 2 nitrogen and oxygen atoms in total. The summed E-state index contributed by atoms with van der Waals surface area (Å²) in [5.41, 5.74) is 1.13. The topological polar surface area (TPSA) is 21.3 Å². The number of hydrogen-bond acceptors (Lipinski definition) is 2. The first kappa shape index (κ1) is 17.0. The van der Waals surface area contributed by atoms with Crippen molar-refractivity contribution < 1.29 is 4.43 Å². The van der Waals surface area contributed by atoms with Gasteiger partial charge in [-0.2, -0.15) is 0 Å². The third-order valence-corrected chi connectivity index (χ3v) is 8.65. The molecule has 20 heavy (non-hydrogen) atoms. The molecule has 0 saturated heterocycles. The monoisotopic (exact) mass is 291 g/mol. The van der Waals surface area contributed by atoms with Gasteiger partial charge in [0, 0.05) is 18.3 Å². The summed E-state index contributed by atoms with van der Waals surface area (Å²) < 4.78 is 6.22. The van der Waals surface area contributed by atoms with Crippen LogP contribution < -0.4 is 5.32 Å². The maximum absolute atomic E-state index is 6.22. The maximum atomic E-state index is 6.22. The second-order valence-corrected chi connectivity index (χ2v) is 11.6. The van der Waals surface area contributed by atoms with Gasteiger partial charge in [-0.05, 0) is 36.7 Å². The second kappa shape index (κ2) is 7.09. The zero-order chi connectivity index (χ0) is 15.2. The van der Waals surface area contributed by atoms with Gasteiger partial charge in [-0.25, -0.2) is 0 Å². The Morgan fingerprint density at radius 1 is 1.25 bits per heavy atom. The van der Waals surface area contributed by atoms with E-state index in [1.165, 1.54) is 0 Å². The van der Waals surface area contributed by atoms with Crippen LogP contribution in [0, 0.1) is 0 Å². The smallest absolute Gasteiger partial charge is 0.191 e. The molecular formula is C17H29NOSi. The molecule has 0 radical (unpaired) electrons. The van der Waals surface area contributed by atoms with E-state index in [0.29, 0.717) is 0 Å². The number of para-hydroxylation sites is 1. The molecule has 0 aromatic heterocycles. The molecule has 1 N–H and O–H groups in total. The lowest BCUT2D eigenvalue weighted by Crippen LogP contribution is -2.41. The second-order valence-electron chi connectivity index (χ2n) is 6.75. The van der Waals surface area contributed by atoms with Crippen molar-refractivity contribution in [3.8, 4) is 0 Å². The average molecular weight is 292 g/mol. The summed E-state index contributed by atoms with van der Waals surface area (Å²) in [7, 11) is -1.64. The first-order valence-corrected chi connectivity index (χ1v) is 10.3. The van der Waals surface area contributed by atoms with Crippen LogP contribution in [-0.4, -0.2) is 21.0 Å². The SMILES string of the molecule is C=CC(CCO[Si](C)(C)C(C)(C)C)Nc1ccccc1. The van der Waals surface area contributed by atoms with Crippen LogP contribution >= 0.6 is 0 Å². The minimum absolute atomic E-state index is 0.252. The number of nitrogens with one attached hydrogen (secondary N) is 1. The van der Waals surface area contributed by atoms with Gasteiger partial charge in [-0.1, -0.05) is 45.0 Å². The van der Waals surface area contributed by atoms with Crippen molar-refractivity contribution in [1.29, 1.82) is 0 Å². The Kier molecular flexibility index (Phi) is 6.02. The zero-order valence-electron chi connectivity index (χ0n) is 13.6. The van der Waals surface area contributed by atoms with Crippen LogP contribution in [0.15, 0.2) is 43.0 Å². The van der Waals surface area contributed by atoms with E-state index >= 15 is 0 Å². The van der Waals surface area contributed by atoms with Gasteiger partial charge in [-0.3, -0.25) is 0 Å². The standard InChI is InChI=1S/C17H29NOSi/c1-7-15(18-16-11-9-8-10-12-16)13-14-19-20(5,6)17(2,3)4/h7-12,15,18H,1,13-14H2,2-6H3. The highest BCUT2D eigenvalue weighted by atomic mass is 28.4. The van der Waals surface area contributed by atoms with Gasteiger partial charge in [0.25, 0.3) is 0 Å². The quantitative estimate of drug-likeness (QED) is 0.559. The molecule has 112 valence electrons. The molecule has 0 amide bonds. The molecule has 1 rings (SSSR count). The van der Waals surface area contributed by atoms with E-state index in [2.05, 4.69) is 57.9 Å². The fourth-order valence-electron chi connectivity index (χ4n) is 1.65. The Hall–Kier alpha value is -1.06. The third kappa shape index (κ3) is 5.14. The number of rotatable bonds is 7. The molecule has 1 aromatic rings. The summed E-state index contributed by atoms with van der Waals surface area (Å²) in [6, 6.07) is 10.5. The predicted molar refractivity (Wildman–Crippen MR) is 91.8 cm³/mol. The van der Waals surface area contributed by atoms with Gasteiger partial charge < -0.3 is 9.74 Å². The summed E-state index contributed by atoms with van der Waals surface area (Å²) >= 11 is 0. The molecule has 0 fully saturated rings. The summed E-state index contributed by atoms with van der Waals surface area (Å²) in [5.74, 6) is 0. The van der Waals surface area contributed by atoms with E-state index in [1.54, 1.807) is 0 Å². The summed E-state index contributed by atoms with van der Waals surface area (Å²) in [6.45, 7) is 16.1. The lowest BCUT2D eigenvalue weighted by Gasteiger charge is -2.36. The van der Waals surface area contributed by atoms with Crippen LogP contribution in [0.2, 0.25) is 18.1 Å². The fraction of sp³-hybridized carbons (Fsp3) is 0.529. The van der Waals surface area contributed by atoms with E-state index in [1.807, 2.05) is 24.3 Å². The molecular weight excluding hydrogens is 262 g/mol. The first-order chi connectivity index (χ1) is 9.26. The van der Waals surface area contributed by atoms with Crippen molar-refractivity contribution in [2.75, 3.05) is 11.9 Å². The highest BCUT2D eigenvalue weighted by molar-refractivity contribution is 6.74. The maximum Gasteiger partial charge on any atom is 0.191 e. The Balaban J connectivity index is 2.45. The van der Waals surface area contributed by atoms with Crippen molar-refractivity contribution >= 4 is 14.0 Å². The van der Waals surface area contributed by atoms with Crippen LogP contribution in [0.5, 0.6) is 0 Å². The van der Waals surface area contributed by atoms with Crippen LogP contribution in [0.1, 0.15) is 27.2 Å². The lowest BCUT2D eigenvalue weighted by atomic mass is 10.2. The third-order valence-electron chi connectivity index (χ3n) is 4.11. The van der Waals surface area contributed by atoms with E-state index in [4.69, 9.17) is 4.43 Å². The average Bonchev–Trinajstić information content (AvgIpc) is 2.37. The molecule has 1 unspecified atom stereocenters. The van der Waals surface area contributed by atoms with Gasteiger partial charge in [0.2, 0.25) is 0 Å². The number of hydrogen-bond donors (Lipinski definition) is 1. The van der Waals surface area contributed by atoms with Gasteiger partial charge in [0.05, 0.1) is 0 Å². The summed E-state index contributed by atoms with van der Waals surface area (Å²) in [5, 5.41) is 3.74. The minimum atomic E-state index is -1.64. The van der Waals surface area contributed by atoms with E-state index in [-0.39, 0.29) is 11.1 Å². The molecule has 1 atom stereocenters. The summed E-state index contributed by atoms with van der Waals surface area (Å²) in [6.07, 6.45) is 2.91. The Morgan fingerprint density at radius 2 is 1.85 bits per heavy atom. The molecule has 0 aliphatic heterocycles. The van der Waals surface area contributed by atoms with Gasteiger partial charge >= 0.3 is 0 Å². The predicted octanol–water partition coefficient (Wildman–Crippen LogP) is 5.07.